The van der Waals surface area contributed by atoms with Gasteiger partial charge >= 0.3 is 5.97 Å². The van der Waals surface area contributed by atoms with Crippen LogP contribution in [-0.4, -0.2) is 27.2 Å². The van der Waals surface area contributed by atoms with E-state index in [4.69, 9.17) is 16.3 Å². The van der Waals surface area contributed by atoms with Crippen molar-refractivity contribution in [1.29, 1.82) is 0 Å². The second kappa shape index (κ2) is 7.45. The topological polar surface area (TPSA) is 56.5 Å². The van der Waals surface area contributed by atoms with Gasteiger partial charge in [0.05, 0.1) is 30.6 Å². The van der Waals surface area contributed by atoms with E-state index in [9.17, 15) is 4.79 Å². The Balaban J connectivity index is 1.76. The molecular weight excluding hydrogens is 326 g/mol. The Morgan fingerprint density at radius 1 is 1.21 bits per heavy atom. The summed E-state index contributed by atoms with van der Waals surface area (Å²) < 4.78 is 6.84. The molecule has 0 radical (unpaired) electrons. The Labute approximate surface area is 145 Å². The molecule has 0 unspecified atom stereocenters. The number of nitrogens with zero attached hydrogens (tertiary/aromatic N) is 3. The first-order valence-electron chi connectivity index (χ1n) is 7.92. The molecule has 5 nitrogen and oxygen atoms in total. The fraction of sp³-hybridized carbons (Fsp3) is 0.278. The number of esters is 1. The Hall–Kier alpha value is -2.40. The predicted octanol–water partition coefficient (Wildman–Crippen LogP) is 3.94. The summed E-state index contributed by atoms with van der Waals surface area (Å²) in [4.78, 5) is 16.2. The van der Waals surface area contributed by atoms with Crippen molar-refractivity contribution in [3.05, 3.63) is 53.3 Å². The fourth-order valence-corrected chi connectivity index (χ4v) is 2.45. The number of aromatic nitrogens is 3. The molecule has 0 spiro atoms. The highest BCUT2D eigenvalue weighted by Gasteiger charge is 2.10. The second-order valence-electron chi connectivity index (χ2n) is 5.51. The smallest absolute Gasteiger partial charge is 0.311 e. The zero-order valence-corrected chi connectivity index (χ0v) is 14.2. The molecule has 0 saturated carbocycles. The number of fused-ring (bicyclic) bond motifs is 1. The molecule has 0 bridgehead atoms. The van der Waals surface area contributed by atoms with Crippen LogP contribution in [-0.2, 0) is 16.0 Å². The van der Waals surface area contributed by atoms with Crippen LogP contribution in [0.3, 0.4) is 0 Å². The Morgan fingerprint density at radius 2 is 2.00 bits per heavy atom. The van der Waals surface area contributed by atoms with E-state index in [1.54, 1.807) is 10.7 Å². The van der Waals surface area contributed by atoms with E-state index in [1.807, 2.05) is 36.4 Å². The highest BCUT2D eigenvalue weighted by Crippen LogP contribution is 2.20. The molecule has 6 heteroatoms. The average molecular weight is 344 g/mol. The van der Waals surface area contributed by atoms with E-state index in [0.717, 1.165) is 24.1 Å². The molecule has 3 aromatic rings. The van der Waals surface area contributed by atoms with E-state index in [0.29, 0.717) is 23.0 Å². The van der Waals surface area contributed by atoms with Crippen LogP contribution in [0.2, 0.25) is 5.02 Å². The lowest BCUT2D eigenvalue weighted by Crippen LogP contribution is -2.09. The molecule has 0 aliphatic rings. The molecule has 124 valence electrons. The summed E-state index contributed by atoms with van der Waals surface area (Å²) in [6.45, 7) is 2.52. The minimum atomic E-state index is -0.259. The van der Waals surface area contributed by atoms with Gasteiger partial charge in [-0.05, 0) is 30.7 Å². The molecule has 0 aliphatic carbocycles. The van der Waals surface area contributed by atoms with Crippen LogP contribution in [0.1, 0.15) is 25.5 Å². The number of halogens is 1. The van der Waals surface area contributed by atoms with E-state index in [2.05, 4.69) is 17.0 Å². The maximum atomic E-state index is 11.8. The summed E-state index contributed by atoms with van der Waals surface area (Å²) in [5.74, 6) is -0.259. The molecule has 2 heterocycles. The summed E-state index contributed by atoms with van der Waals surface area (Å²) in [7, 11) is 0. The van der Waals surface area contributed by atoms with Crippen LogP contribution in [0.4, 0.5) is 0 Å². The van der Waals surface area contributed by atoms with E-state index in [1.165, 1.54) is 0 Å². The van der Waals surface area contributed by atoms with Gasteiger partial charge in [-0.15, -0.1) is 0 Å². The molecule has 0 atom stereocenters. The van der Waals surface area contributed by atoms with Gasteiger partial charge in [0, 0.05) is 10.6 Å². The van der Waals surface area contributed by atoms with Crippen molar-refractivity contribution in [2.45, 2.75) is 26.2 Å². The molecular formula is C18H18ClN3O2. The lowest BCUT2D eigenvalue weighted by Gasteiger charge is -2.01. The van der Waals surface area contributed by atoms with E-state index >= 15 is 0 Å². The summed E-state index contributed by atoms with van der Waals surface area (Å²) >= 11 is 5.91. The van der Waals surface area contributed by atoms with Gasteiger partial charge in [0.1, 0.15) is 0 Å². The predicted molar refractivity (Wildman–Crippen MR) is 93.0 cm³/mol. The molecule has 3 rings (SSSR count). The molecule has 0 amide bonds. The standard InChI is InChI=1S/C18H18ClN3O2/c1-2-3-10-24-18(23)11-15-12-22-17(20-15)9-8-16(21-22)13-4-6-14(19)7-5-13/h4-9,12H,2-3,10-11H2,1H3. The first-order valence-corrected chi connectivity index (χ1v) is 8.30. The van der Waals surface area contributed by atoms with Gasteiger partial charge in [-0.2, -0.15) is 5.10 Å². The van der Waals surface area contributed by atoms with Crippen molar-refractivity contribution in [2.75, 3.05) is 6.61 Å². The number of benzene rings is 1. The maximum Gasteiger partial charge on any atom is 0.311 e. The van der Waals surface area contributed by atoms with Gasteiger partial charge in [0.25, 0.3) is 0 Å². The number of rotatable bonds is 6. The van der Waals surface area contributed by atoms with Gasteiger partial charge in [0.15, 0.2) is 5.65 Å². The fourth-order valence-electron chi connectivity index (χ4n) is 2.32. The highest BCUT2D eigenvalue weighted by molar-refractivity contribution is 6.30. The van der Waals surface area contributed by atoms with Crippen LogP contribution in [0.5, 0.6) is 0 Å². The number of ether oxygens (including phenoxy) is 1. The molecule has 24 heavy (non-hydrogen) atoms. The lowest BCUT2D eigenvalue weighted by atomic mass is 10.1. The third kappa shape index (κ3) is 3.92. The van der Waals surface area contributed by atoms with Gasteiger partial charge in [-0.3, -0.25) is 4.79 Å². The first kappa shape index (κ1) is 16.5. The van der Waals surface area contributed by atoms with E-state index in [-0.39, 0.29) is 12.4 Å². The van der Waals surface area contributed by atoms with Crippen LogP contribution in [0.15, 0.2) is 42.6 Å². The quantitative estimate of drug-likeness (QED) is 0.502. The van der Waals surface area contributed by atoms with Gasteiger partial charge in [-0.25, -0.2) is 9.50 Å². The number of imidazole rings is 1. The highest BCUT2D eigenvalue weighted by atomic mass is 35.5. The monoisotopic (exact) mass is 343 g/mol. The van der Waals surface area contributed by atoms with E-state index < -0.39 is 0 Å². The van der Waals surface area contributed by atoms with Crippen LogP contribution in [0, 0.1) is 0 Å². The Morgan fingerprint density at radius 3 is 2.75 bits per heavy atom. The number of hydrogen-bond acceptors (Lipinski definition) is 4. The second-order valence-corrected chi connectivity index (χ2v) is 5.95. The SMILES string of the molecule is CCCCOC(=O)Cc1cn2nc(-c3ccc(Cl)cc3)ccc2n1. The van der Waals surface area contributed by atoms with Crippen molar-refractivity contribution < 1.29 is 9.53 Å². The van der Waals surface area contributed by atoms with Gasteiger partial charge in [0.2, 0.25) is 0 Å². The Bertz CT molecular complexity index is 843. The summed E-state index contributed by atoms with van der Waals surface area (Å²) in [5, 5.41) is 5.22. The number of carbonyl (C=O) groups excluding carboxylic acids is 1. The van der Waals surface area contributed by atoms with Crippen molar-refractivity contribution in [3.63, 3.8) is 0 Å². The van der Waals surface area contributed by atoms with Crippen LogP contribution >= 0.6 is 11.6 Å². The minimum absolute atomic E-state index is 0.156. The summed E-state index contributed by atoms with van der Waals surface area (Å²) in [5.41, 5.74) is 3.13. The largest absolute Gasteiger partial charge is 0.465 e. The molecule has 0 aliphatic heterocycles. The lowest BCUT2D eigenvalue weighted by molar-refractivity contribution is -0.142. The van der Waals surface area contributed by atoms with Crippen molar-refractivity contribution in [2.24, 2.45) is 0 Å². The number of carbonyl (C=O) groups is 1. The third-order valence-corrected chi connectivity index (χ3v) is 3.85. The maximum absolute atomic E-state index is 11.8. The molecule has 0 fully saturated rings. The number of unbranched alkanes of at least 4 members (excludes halogenated alkanes) is 1. The normalized spacial score (nSPS) is 10.9. The molecule has 2 aromatic heterocycles. The van der Waals surface area contributed by atoms with Crippen LogP contribution < -0.4 is 0 Å². The summed E-state index contributed by atoms with van der Waals surface area (Å²) in [6.07, 6.45) is 3.79. The van der Waals surface area contributed by atoms with Crippen molar-refractivity contribution in [1.82, 2.24) is 14.6 Å². The number of hydrogen-bond donors (Lipinski definition) is 0. The van der Waals surface area contributed by atoms with Gasteiger partial charge in [-0.1, -0.05) is 37.1 Å². The average Bonchev–Trinajstić information content (AvgIpc) is 2.97. The minimum Gasteiger partial charge on any atom is -0.465 e. The zero-order valence-electron chi connectivity index (χ0n) is 13.4. The van der Waals surface area contributed by atoms with Crippen LogP contribution in [0.25, 0.3) is 16.9 Å². The van der Waals surface area contributed by atoms with Crippen molar-refractivity contribution >= 4 is 23.2 Å². The first-order chi connectivity index (χ1) is 11.7. The van der Waals surface area contributed by atoms with Crippen molar-refractivity contribution in [3.8, 4) is 11.3 Å². The molecule has 1 aromatic carbocycles. The van der Waals surface area contributed by atoms with Gasteiger partial charge < -0.3 is 4.74 Å². The third-order valence-electron chi connectivity index (χ3n) is 3.60. The summed E-state index contributed by atoms with van der Waals surface area (Å²) in [6, 6.07) is 11.3. The Kier molecular flexibility index (Phi) is 5.11. The zero-order chi connectivity index (χ0) is 16.9. The molecule has 0 saturated heterocycles. The molecule has 0 N–H and O–H groups in total.